The minimum Gasteiger partial charge on any atom is -0.484 e. The molecule has 0 aliphatic rings. The van der Waals surface area contributed by atoms with E-state index in [2.05, 4.69) is 10.5 Å². The van der Waals surface area contributed by atoms with Crippen molar-refractivity contribution in [3.05, 3.63) is 41.7 Å². The summed E-state index contributed by atoms with van der Waals surface area (Å²) in [4.78, 5) is 22.2. The second-order valence-corrected chi connectivity index (χ2v) is 4.37. The normalized spacial score (nSPS) is 10.1. The molecule has 0 saturated carbocycles. The van der Waals surface area contributed by atoms with Crippen molar-refractivity contribution in [2.75, 3.05) is 11.9 Å². The van der Waals surface area contributed by atoms with E-state index in [0.29, 0.717) is 22.9 Å². The van der Waals surface area contributed by atoms with Gasteiger partial charge in [0, 0.05) is 6.07 Å². The Kier molecular flexibility index (Phi) is 4.55. The first-order valence-corrected chi connectivity index (χ1v) is 6.19. The number of carbonyl (C=O) groups is 2. The van der Waals surface area contributed by atoms with E-state index in [-0.39, 0.29) is 18.9 Å². The SMILES string of the molecule is Cc1cc(NC(=O)COc2ccc(CC(=O)O)cc2)no1. The molecule has 0 atom stereocenters. The molecule has 0 unspecified atom stereocenters. The average molecular weight is 290 g/mol. The number of nitrogens with zero attached hydrogens (tertiary/aromatic N) is 1. The van der Waals surface area contributed by atoms with Crippen LogP contribution in [0.1, 0.15) is 11.3 Å². The van der Waals surface area contributed by atoms with E-state index in [9.17, 15) is 9.59 Å². The molecule has 0 spiro atoms. The number of anilines is 1. The van der Waals surface area contributed by atoms with Crippen molar-refractivity contribution in [1.29, 1.82) is 0 Å². The van der Waals surface area contributed by atoms with Gasteiger partial charge < -0.3 is 19.7 Å². The third-order valence-electron chi connectivity index (χ3n) is 2.54. The number of benzene rings is 1. The number of carboxylic acids is 1. The Balaban J connectivity index is 1.82. The van der Waals surface area contributed by atoms with Crippen LogP contribution in [0.25, 0.3) is 0 Å². The van der Waals surface area contributed by atoms with Crippen molar-refractivity contribution in [1.82, 2.24) is 5.16 Å². The Hall–Kier alpha value is -2.83. The van der Waals surface area contributed by atoms with Gasteiger partial charge in [0.1, 0.15) is 11.5 Å². The Bertz CT molecular complexity index is 633. The van der Waals surface area contributed by atoms with E-state index >= 15 is 0 Å². The molecule has 2 rings (SSSR count). The monoisotopic (exact) mass is 290 g/mol. The summed E-state index contributed by atoms with van der Waals surface area (Å²) >= 11 is 0. The van der Waals surface area contributed by atoms with Crippen molar-refractivity contribution < 1.29 is 24.0 Å². The molecule has 0 radical (unpaired) electrons. The molecule has 0 saturated heterocycles. The maximum absolute atomic E-state index is 11.6. The van der Waals surface area contributed by atoms with Crippen LogP contribution in [0.5, 0.6) is 5.75 Å². The van der Waals surface area contributed by atoms with Gasteiger partial charge in [0.25, 0.3) is 5.91 Å². The summed E-state index contributed by atoms with van der Waals surface area (Å²) in [6.45, 7) is 1.54. The van der Waals surface area contributed by atoms with Crippen LogP contribution in [0.2, 0.25) is 0 Å². The number of hydrogen-bond donors (Lipinski definition) is 2. The van der Waals surface area contributed by atoms with Crippen LogP contribution in [0, 0.1) is 6.92 Å². The van der Waals surface area contributed by atoms with Crippen molar-refractivity contribution >= 4 is 17.7 Å². The number of nitrogens with one attached hydrogen (secondary N) is 1. The highest BCUT2D eigenvalue weighted by molar-refractivity contribution is 5.90. The zero-order chi connectivity index (χ0) is 15.2. The lowest BCUT2D eigenvalue weighted by atomic mass is 10.1. The van der Waals surface area contributed by atoms with E-state index in [4.69, 9.17) is 14.4 Å². The maximum atomic E-state index is 11.6. The predicted octanol–water partition coefficient (Wildman–Crippen LogP) is 1.63. The number of ether oxygens (including phenoxy) is 1. The molecule has 0 fully saturated rings. The lowest BCUT2D eigenvalue weighted by Crippen LogP contribution is -2.20. The minimum atomic E-state index is -0.897. The van der Waals surface area contributed by atoms with Crippen LogP contribution in [0.15, 0.2) is 34.9 Å². The second-order valence-electron chi connectivity index (χ2n) is 4.37. The van der Waals surface area contributed by atoms with E-state index in [0.717, 1.165) is 0 Å². The molecular formula is C14H14N2O5. The molecular weight excluding hydrogens is 276 g/mol. The topological polar surface area (TPSA) is 102 Å². The third kappa shape index (κ3) is 4.64. The molecule has 0 aliphatic heterocycles. The molecule has 7 heteroatoms. The molecule has 0 bridgehead atoms. The first-order chi connectivity index (χ1) is 10.0. The number of hydrogen-bond acceptors (Lipinski definition) is 5. The van der Waals surface area contributed by atoms with Crippen LogP contribution in [0.4, 0.5) is 5.82 Å². The Morgan fingerprint density at radius 3 is 2.62 bits per heavy atom. The molecule has 1 aromatic carbocycles. The highest BCUT2D eigenvalue weighted by Gasteiger charge is 2.07. The summed E-state index contributed by atoms with van der Waals surface area (Å²) in [6, 6.07) is 8.11. The highest BCUT2D eigenvalue weighted by atomic mass is 16.5. The lowest BCUT2D eigenvalue weighted by Gasteiger charge is -2.06. The quantitative estimate of drug-likeness (QED) is 0.838. The van der Waals surface area contributed by atoms with E-state index in [1.54, 1.807) is 37.3 Å². The fourth-order valence-electron chi connectivity index (χ4n) is 1.63. The van der Waals surface area contributed by atoms with E-state index < -0.39 is 5.97 Å². The molecule has 1 heterocycles. The Morgan fingerprint density at radius 2 is 2.05 bits per heavy atom. The Morgan fingerprint density at radius 1 is 1.33 bits per heavy atom. The molecule has 110 valence electrons. The van der Waals surface area contributed by atoms with Crippen LogP contribution in [0.3, 0.4) is 0 Å². The summed E-state index contributed by atoms with van der Waals surface area (Å²) < 4.78 is 10.1. The molecule has 7 nitrogen and oxygen atoms in total. The van der Waals surface area contributed by atoms with E-state index in [1.807, 2.05) is 0 Å². The van der Waals surface area contributed by atoms with Crippen molar-refractivity contribution in [3.8, 4) is 5.75 Å². The number of rotatable bonds is 6. The number of aromatic nitrogens is 1. The van der Waals surface area contributed by atoms with Crippen LogP contribution in [-0.4, -0.2) is 28.7 Å². The first-order valence-electron chi connectivity index (χ1n) is 6.19. The molecule has 2 N–H and O–H groups in total. The van der Waals surface area contributed by atoms with Crippen molar-refractivity contribution in [2.24, 2.45) is 0 Å². The molecule has 0 aliphatic carbocycles. The van der Waals surface area contributed by atoms with Gasteiger partial charge in [-0.05, 0) is 24.6 Å². The number of carbonyl (C=O) groups excluding carboxylic acids is 1. The maximum Gasteiger partial charge on any atom is 0.307 e. The molecule has 1 aromatic heterocycles. The zero-order valence-electron chi connectivity index (χ0n) is 11.3. The lowest BCUT2D eigenvalue weighted by molar-refractivity contribution is -0.136. The summed E-state index contributed by atoms with van der Waals surface area (Å²) in [6.07, 6.45) is -0.0493. The molecule has 21 heavy (non-hydrogen) atoms. The highest BCUT2D eigenvalue weighted by Crippen LogP contribution is 2.13. The van der Waals surface area contributed by atoms with Crippen molar-refractivity contribution in [3.63, 3.8) is 0 Å². The van der Waals surface area contributed by atoms with Crippen LogP contribution < -0.4 is 10.1 Å². The van der Waals surface area contributed by atoms with Gasteiger partial charge in [-0.1, -0.05) is 17.3 Å². The number of carboxylic acid groups (broad SMARTS) is 1. The van der Waals surface area contributed by atoms with Gasteiger partial charge in [-0.3, -0.25) is 9.59 Å². The molecule has 2 aromatic rings. The summed E-state index contributed by atoms with van der Waals surface area (Å²) in [7, 11) is 0. The number of amides is 1. The fraction of sp³-hybridized carbons (Fsp3) is 0.214. The van der Waals surface area contributed by atoms with Gasteiger partial charge in [0.15, 0.2) is 12.4 Å². The van der Waals surface area contributed by atoms with Crippen LogP contribution in [-0.2, 0) is 16.0 Å². The van der Waals surface area contributed by atoms with E-state index in [1.165, 1.54) is 0 Å². The second kappa shape index (κ2) is 6.56. The van der Waals surface area contributed by atoms with Gasteiger partial charge in [-0.2, -0.15) is 0 Å². The summed E-state index contributed by atoms with van der Waals surface area (Å²) in [5.41, 5.74) is 0.664. The zero-order valence-corrected chi connectivity index (χ0v) is 11.3. The average Bonchev–Trinajstić information content (AvgIpc) is 2.83. The van der Waals surface area contributed by atoms with Gasteiger partial charge in [-0.15, -0.1) is 0 Å². The van der Waals surface area contributed by atoms with Gasteiger partial charge in [0.2, 0.25) is 0 Å². The minimum absolute atomic E-state index is 0.0493. The summed E-state index contributed by atoms with van der Waals surface area (Å²) in [5.74, 6) is 0.151. The number of aryl methyl sites for hydroxylation is 1. The largest absolute Gasteiger partial charge is 0.484 e. The first kappa shape index (κ1) is 14.6. The number of aliphatic carboxylic acids is 1. The summed E-state index contributed by atoms with van der Waals surface area (Å²) in [5, 5.41) is 14.8. The van der Waals surface area contributed by atoms with Gasteiger partial charge in [-0.25, -0.2) is 0 Å². The predicted molar refractivity (Wildman–Crippen MR) is 73.1 cm³/mol. The fourth-order valence-corrected chi connectivity index (χ4v) is 1.63. The van der Waals surface area contributed by atoms with Crippen LogP contribution >= 0.6 is 0 Å². The smallest absolute Gasteiger partial charge is 0.307 e. The standard InChI is InChI=1S/C14H14N2O5/c1-9-6-12(16-21-9)15-13(17)8-20-11-4-2-10(3-5-11)7-14(18)19/h2-6H,7-8H2,1H3,(H,18,19)(H,15,16,17). The van der Waals surface area contributed by atoms with Gasteiger partial charge in [0.05, 0.1) is 6.42 Å². The molecule has 1 amide bonds. The van der Waals surface area contributed by atoms with Gasteiger partial charge >= 0.3 is 5.97 Å². The van der Waals surface area contributed by atoms with Crippen molar-refractivity contribution in [2.45, 2.75) is 13.3 Å². The Labute approximate surface area is 120 Å². The third-order valence-corrected chi connectivity index (χ3v) is 2.54.